The third-order valence-electron chi connectivity index (χ3n) is 2.23. The Morgan fingerprint density at radius 3 is 2.24 bits per heavy atom. The van der Waals surface area contributed by atoms with E-state index in [4.69, 9.17) is 9.47 Å². The van der Waals surface area contributed by atoms with Crippen LogP contribution in [0.3, 0.4) is 0 Å². The minimum Gasteiger partial charge on any atom is -0.491 e. The van der Waals surface area contributed by atoms with E-state index in [-0.39, 0.29) is 5.41 Å². The van der Waals surface area contributed by atoms with Gasteiger partial charge in [-0.15, -0.1) is 0 Å². The van der Waals surface area contributed by atoms with Gasteiger partial charge in [0.1, 0.15) is 12.4 Å². The van der Waals surface area contributed by atoms with Gasteiger partial charge in [-0.3, -0.25) is 0 Å². The van der Waals surface area contributed by atoms with Crippen LogP contribution in [-0.4, -0.2) is 26.9 Å². The summed E-state index contributed by atoms with van der Waals surface area (Å²) >= 11 is 0. The first-order chi connectivity index (χ1) is 8.01. The number of ether oxygens (including phenoxy) is 2. The second-order valence-corrected chi connectivity index (χ2v) is 5.28. The van der Waals surface area contributed by atoms with Crippen molar-refractivity contribution in [1.82, 2.24) is 0 Å². The first kappa shape index (κ1) is 13.8. The molecule has 1 N–H and O–H groups in total. The van der Waals surface area contributed by atoms with Gasteiger partial charge in [0.2, 0.25) is 0 Å². The van der Waals surface area contributed by atoms with Crippen LogP contribution in [-0.2, 0) is 4.74 Å². The molecule has 0 aliphatic carbocycles. The summed E-state index contributed by atoms with van der Waals surface area (Å²) in [5, 5.41) is 3.40. The van der Waals surface area contributed by atoms with Crippen LogP contribution in [0.15, 0.2) is 24.3 Å². The Morgan fingerprint density at radius 2 is 1.71 bits per heavy atom. The summed E-state index contributed by atoms with van der Waals surface area (Å²) in [6, 6.07) is 8.02. The number of anilines is 1. The van der Waals surface area contributed by atoms with Gasteiger partial charge in [0.15, 0.2) is 0 Å². The number of methoxy groups -OCH3 is 1. The highest BCUT2D eigenvalue weighted by Crippen LogP contribution is 2.18. The van der Waals surface area contributed by atoms with Crippen molar-refractivity contribution in [3.63, 3.8) is 0 Å². The van der Waals surface area contributed by atoms with Crippen molar-refractivity contribution in [2.45, 2.75) is 20.8 Å². The summed E-state index contributed by atoms with van der Waals surface area (Å²) in [7, 11) is 1.67. The summed E-state index contributed by atoms with van der Waals surface area (Å²) < 4.78 is 10.4. The Bertz CT molecular complexity index is 314. The maximum absolute atomic E-state index is 5.49. The molecular weight excluding hydrogens is 214 g/mol. The molecule has 0 amide bonds. The Hall–Kier alpha value is -1.22. The molecule has 0 heterocycles. The summed E-state index contributed by atoms with van der Waals surface area (Å²) in [6.07, 6.45) is 0. The molecular formula is C14H23NO2. The Kier molecular flexibility index (Phi) is 5.29. The molecule has 0 spiro atoms. The van der Waals surface area contributed by atoms with E-state index >= 15 is 0 Å². The summed E-state index contributed by atoms with van der Waals surface area (Å²) in [4.78, 5) is 0. The molecule has 17 heavy (non-hydrogen) atoms. The quantitative estimate of drug-likeness (QED) is 0.771. The fourth-order valence-corrected chi connectivity index (χ4v) is 1.28. The van der Waals surface area contributed by atoms with Crippen molar-refractivity contribution >= 4 is 5.69 Å². The Labute approximate surface area is 104 Å². The smallest absolute Gasteiger partial charge is 0.119 e. The van der Waals surface area contributed by atoms with Gasteiger partial charge in [-0.05, 0) is 29.7 Å². The second-order valence-electron chi connectivity index (χ2n) is 5.28. The van der Waals surface area contributed by atoms with Crippen molar-refractivity contribution in [3.05, 3.63) is 24.3 Å². The molecule has 0 bridgehead atoms. The minimum absolute atomic E-state index is 0.285. The van der Waals surface area contributed by atoms with Gasteiger partial charge in [-0.1, -0.05) is 20.8 Å². The monoisotopic (exact) mass is 237 g/mol. The SMILES string of the molecule is COCCOc1ccc(NCC(C)(C)C)cc1. The van der Waals surface area contributed by atoms with Gasteiger partial charge in [-0.25, -0.2) is 0 Å². The molecule has 1 aromatic rings. The molecule has 0 saturated heterocycles. The maximum atomic E-state index is 5.49. The van der Waals surface area contributed by atoms with Gasteiger partial charge in [0.25, 0.3) is 0 Å². The van der Waals surface area contributed by atoms with Gasteiger partial charge in [-0.2, -0.15) is 0 Å². The molecule has 0 aliphatic rings. The highest BCUT2D eigenvalue weighted by atomic mass is 16.5. The highest BCUT2D eigenvalue weighted by Gasteiger charge is 2.08. The first-order valence-corrected chi connectivity index (χ1v) is 5.97. The van der Waals surface area contributed by atoms with Crippen molar-refractivity contribution in [1.29, 1.82) is 0 Å². The molecule has 0 aromatic heterocycles. The lowest BCUT2D eigenvalue weighted by Crippen LogP contribution is -2.18. The fraction of sp³-hybridized carbons (Fsp3) is 0.571. The third kappa shape index (κ3) is 6.17. The van der Waals surface area contributed by atoms with E-state index in [2.05, 4.69) is 26.1 Å². The van der Waals surface area contributed by atoms with Crippen LogP contribution in [0.25, 0.3) is 0 Å². The molecule has 3 heteroatoms. The average molecular weight is 237 g/mol. The zero-order valence-corrected chi connectivity index (χ0v) is 11.2. The number of rotatable bonds is 6. The van der Waals surface area contributed by atoms with E-state index in [9.17, 15) is 0 Å². The van der Waals surface area contributed by atoms with E-state index in [1.807, 2.05) is 24.3 Å². The minimum atomic E-state index is 0.285. The molecule has 0 fully saturated rings. The molecule has 0 atom stereocenters. The summed E-state index contributed by atoms with van der Waals surface area (Å²) in [5.41, 5.74) is 1.41. The van der Waals surface area contributed by atoms with E-state index in [1.54, 1.807) is 7.11 Å². The normalized spacial score (nSPS) is 11.3. The fourth-order valence-electron chi connectivity index (χ4n) is 1.28. The van der Waals surface area contributed by atoms with Crippen LogP contribution >= 0.6 is 0 Å². The zero-order chi connectivity index (χ0) is 12.7. The van der Waals surface area contributed by atoms with Crippen LogP contribution < -0.4 is 10.1 Å². The van der Waals surface area contributed by atoms with Crippen molar-refractivity contribution < 1.29 is 9.47 Å². The second kappa shape index (κ2) is 6.50. The molecule has 0 saturated carbocycles. The standard InChI is InChI=1S/C14H23NO2/c1-14(2,3)11-15-12-5-7-13(8-6-12)17-10-9-16-4/h5-8,15H,9-11H2,1-4H3. The van der Waals surface area contributed by atoms with Crippen molar-refractivity contribution in [2.75, 3.05) is 32.2 Å². The molecule has 0 aliphatic heterocycles. The van der Waals surface area contributed by atoms with E-state index in [0.29, 0.717) is 13.2 Å². The Morgan fingerprint density at radius 1 is 1.06 bits per heavy atom. The highest BCUT2D eigenvalue weighted by molar-refractivity contribution is 5.46. The average Bonchev–Trinajstić information content (AvgIpc) is 2.27. The van der Waals surface area contributed by atoms with Crippen LogP contribution in [0.1, 0.15) is 20.8 Å². The predicted octanol–water partition coefficient (Wildman–Crippen LogP) is 3.17. The van der Waals surface area contributed by atoms with E-state index < -0.39 is 0 Å². The van der Waals surface area contributed by atoms with Gasteiger partial charge in [0, 0.05) is 19.3 Å². The number of hydrogen-bond donors (Lipinski definition) is 1. The van der Waals surface area contributed by atoms with E-state index in [0.717, 1.165) is 18.0 Å². The lowest BCUT2D eigenvalue weighted by atomic mass is 9.97. The number of benzene rings is 1. The molecule has 0 radical (unpaired) electrons. The van der Waals surface area contributed by atoms with Gasteiger partial charge in [0.05, 0.1) is 6.61 Å². The van der Waals surface area contributed by atoms with Crippen molar-refractivity contribution in [2.24, 2.45) is 5.41 Å². The third-order valence-corrected chi connectivity index (χ3v) is 2.23. The van der Waals surface area contributed by atoms with E-state index in [1.165, 1.54) is 0 Å². The molecule has 0 unspecified atom stereocenters. The summed E-state index contributed by atoms with van der Waals surface area (Å²) in [6.45, 7) is 8.79. The summed E-state index contributed by atoms with van der Waals surface area (Å²) in [5.74, 6) is 0.878. The lowest BCUT2D eigenvalue weighted by molar-refractivity contribution is 0.146. The Balaban J connectivity index is 2.39. The zero-order valence-electron chi connectivity index (χ0n) is 11.2. The van der Waals surface area contributed by atoms with Gasteiger partial charge >= 0.3 is 0 Å². The molecule has 96 valence electrons. The largest absolute Gasteiger partial charge is 0.491 e. The number of hydrogen-bond acceptors (Lipinski definition) is 3. The lowest BCUT2D eigenvalue weighted by Gasteiger charge is -2.19. The molecule has 1 rings (SSSR count). The maximum Gasteiger partial charge on any atom is 0.119 e. The van der Waals surface area contributed by atoms with Crippen LogP contribution in [0.2, 0.25) is 0 Å². The first-order valence-electron chi connectivity index (χ1n) is 5.97. The van der Waals surface area contributed by atoms with Gasteiger partial charge < -0.3 is 14.8 Å². The molecule has 3 nitrogen and oxygen atoms in total. The molecule has 1 aromatic carbocycles. The van der Waals surface area contributed by atoms with Crippen LogP contribution in [0.4, 0.5) is 5.69 Å². The van der Waals surface area contributed by atoms with Crippen LogP contribution in [0, 0.1) is 5.41 Å². The number of nitrogens with one attached hydrogen (secondary N) is 1. The topological polar surface area (TPSA) is 30.5 Å². The van der Waals surface area contributed by atoms with Crippen molar-refractivity contribution in [3.8, 4) is 5.75 Å². The predicted molar refractivity (Wildman–Crippen MR) is 71.8 cm³/mol. The van der Waals surface area contributed by atoms with Crippen LogP contribution in [0.5, 0.6) is 5.75 Å².